The Morgan fingerprint density at radius 1 is 1.22 bits per heavy atom. The van der Waals surface area contributed by atoms with Crippen molar-refractivity contribution in [1.82, 2.24) is 0 Å². The summed E-state index contributed by atoms with van der Waals surface area (Å²) in [4.78, 5) is 0.261. The van der Waals surface area contributed by atoms with Gasteiger partial charge in [-0.25, -0.2) is 0 Å². The van der Waals surface area contributed by atoms with Gasteiger partial charge in [-0.15, -0.1) is 0 Å². The van der Waals surface area contributed by atoms with Gasteiger partial charge in [0.2, 0.25) is 0 Å². The van der Waals surface area contributed by atoms with Crippen LogP contribution in [0.25, 0.3) is 0 Å². The second-order valence-corrected chi connectivity index (χ2v) is 6.22. The molecule has 100 valence electrons. The smallest absolute Gasteiger partial charge is 0.162 e. The molecule has 2 rings (SSSR count). The summed E-state index contributed by atoms with van der Waals surface area (Å²) in [7, 11) is 3.26. The second-order valence-electron chi connectivity index (χ2n) is 4.83. The maximum absolute atomic E-state index is 6.34. The monoisotopic (exact) mass is 332 g/mol. The van der Waals surface area contributed by atoms with Crippen molar-refractivity contribution in [2.75, 3.05) is 14.2 Å². The van der Waals surface area contributed by atoms with Crippen LogP contribution in [0.5, 0.6) is 11.5 Å². The van der Waals surface area contributed by atoms with Crippen molar-refractivity contribution in [2.24, 2.45) is 11.8 Å². The van der Waals surface area contributed by atoms with E-state index in [1.54, 1.807) is 14.2 Å². The van der Waals surface area contributed by atoms with Crippen LogP contribution in [0.15, 0.2) is 12.1 Å². The van der Waals surface area contributed by atoms with Gasteiger partial charge in [0.25, 0.3) is 0 Å². The molecule has 2 unspecified atom stereocenters. The Bertz CT molecular complexity index is 432. The third-order valence-electron chi connectivity index (χ3n) is 3.63. The van der Waals surface area contributed by atoms with Crippen LogP contribution in [-0.2, 0) is 0 Å². The molecule has 0 N–H and O–H groups in total. The lowest BCUT2D eigenvalue weighted by Gasteiger charge is -2.21. The quantitative estimate of drug-likeness (QED) is 0.718. The molecule has 1 fully saturated rings. The van der Waals surface area contributed by atoms with Crippen molar-refractivity contribution >= 4 is 27.5 Å². The molecular weight excluding hydrogens is 316 g/mol. The number of halogens is 2. The van der Waals surface area contributed by atoms with Crippen molar-refractivity contribution in [3.8, 4) is 11.5 Å². The molecule has 1 aliphatic carbocycles. The van der Waals surface area contributed by atoms with E-state index in [-0.39, 0.29) is 4.83 Å². The third-order valence-corrected chi connectivity index (χ3v) is 5.28. The zero-order valence-electron chi connectivity index (χ0n) is 10.9. The highest BCUT2D eigenvalue weighted by molar-refractivity contribution is 9.09. The second kappa shape index (κ2) is 5.70. The Kier molecular flexibility index (Phi) is 4.44. The Morgan fingerprint density at radius 2 is 1.78 bits per heavy atom. The summed E-state index contributed by atoms with van der Waals surface area (Å²) in [5.41, 5.74) is 1.08. The predicted octanol–water partition coefficient (Wildman–Crippen LogP) is 4.84. The molecule has 0 aliphatic heterocycles. The van der Waals surface area contributed by atoms with Crippen LogP contribution >= 0.6 is 27.5 Å². The van der Waals surface area contributed by atoms with E-state index in [0.29, 0.717) is 11.7 Å². The molecule has 0 radical (unpaired) electrons. The lowest BCUT2D eigenvalue weighted by atomic mass is 9.96. The summed E-state index contributed by atoms with van der Waals surface area (Å²) in [6, 6.07) is 3.79. The molecule has 0 amide bonds. The van der Waals surface area contributed by atoms with Crippen LogP contribution in [0.3, 0.4) is 0 Å². The van der Waals surface area contributed by atoms with Gasteiger partial charge < -0.3 is 9.47 Å². The van der Waals surface area contributed by atoms with Crippen molar-refractivity contribution in [3.63, 3.8) is 0 Å². The zero-order chi connectivity index (χ0) is 13.3. The first-order valence-electron chi connectivity index (χ1n) is 6.14. The molecule has 4 heteroatoms. The van der Waals surface area contributed by atoms with Gasteiger partial charge >= 0.3 is 0 Å². The van der Waals surface area contributed by atoms with Crippen molar-refractivity contribution in [1.29, 1.82) is 0 Å². The highest BCUT2D eigenvalue weighted by Crippen LogP contribution is 2.49. The summed E-state index contributed by atoms with van der Waals surface area (Å²) < 4.78 is 10.6. The predicted molar refractivity (Wildman–Crippen MR) is 78.1 cm³/mol. The lowest BCUT2D eigenvalue weighted by molar-refractivity contribution is 0.354. The molecule has 0 bridgehead atoms. The van der Waals surface area contributed by atoms with E-state index < -0.39 is 0 Å². The van der Waals surface area contributed by atoms with Gasteiger partial charge in [-0.3, -0.25) is 0 Å². The summed E-state index contributed by atoms with van der Waals surface area (Å²) in [6.07, 6.45) is 2.66. The van der Waals surface area contributed by atoms with E-state index >= 15 is 0 Å². The van der Waals surface area contributed by atoms with Gasteiger partial charge in [0.05, 0.1) is 14.2 Å². The molecular formula is C14H18BrClO2. The molecule has 0 heterocycles. The number of ether oxygens (including phenoxy) is 2. The highest BCUT2D eigenvalue weighted by Gasteiger charge is 2.34. The van der Waals surface area contributed by atoms with Gasteiger partial charge in [-0.1, -0.05) is 34.5 Å². The Hall–Kier alpha value is -0.410. The minimum absolute atomic E-state index is 0.261. The fraction of sp³-hybridized carbons (Fsp3) is 0.571. The van der Waals surface area contributed by atoms with Crippen molar-refractivity contribution < 1.29 is 9.47 Å². The maximum atomic E-state index is 6.34. The fourth-order valence-electron chi connectivity index (χ4n) is 2.23. The number of hydrogen-bond acceptors (Lipinski definition) is 2. The van der Waals surface area contributed by atoms with E-state index in [1.807, 2.05) is 12.1 Å². The van der Waals surface area contributed by atoms with Gasteiger partial charge in [0.15, 0.2) is 11.5 Å². The average Bonchev–Trinajstić information content (AvgIpc) is 3.20. The summed E-state index contributed by atoms with van der Waals surface area (Å²) >= 11 is 10.1. The standard InChI is InChI=1S/C14H18BrClO2/c1-8(9-4-5-9)14(15)10-6-12(17-2)13(18-3)7-11(10)16/h6-9,14H,4-5H2,1-3H3. The van der Waals surface area contributed by atoms with Crippen LogP contribution in [0.4, 0.5) is 0 Å². The summed E-state index contributed by atoms with van der Waals surface area (Å²) in [5, 5.41) is 0.724. The van der Waals surface area contributed by atoms with E-state index in [0.717, 1.165) is 22.3 Å². The number of benzene rings is 1. The third kappa shape index (κ3) is 2.77. The first-order valence-corrected chi connectivity index (χ1v) is 7.43. The molecule has 1 aromatic rings. The molecule has 0 spiro atoms. The molecule has 0 aromatic heterocycles. The normalized spacial score (nSPS) is 18.3. The fourth-order valence-corrected chi connectivity index (χ4v) is 3.44. The van der Waals surface area contributed by atoms with Gasteiger partial charge in [0, 0.05) is 15.9 Å². The van der Waals surface area contributed by atoms with Gasteiger partial charge in [0.1, 0.15) is 0 Å². The first kappa shape index (κ1) is 14.0. The van der Waals surface area contributed by atoms with E-state index in [9.17, 15) is 0 Å². The lowest BCUT2D eigenvalue weighted by Crippen LogP contribution is -2.07. The molecule has 18 heavy (non-hydrogen) atoms. The maximum Gasteiger partial charge on any atom is 0.162 e. The Morgan fingerprint density at radius 3 is 2.28 bits per heavy atom. The van der Waals surface area contributed by atoms with Crippen LogP contribution < -0.4 is 9.47 Å². The average molecular weight is 334 g/mol. The summed E-state index contributed by atoms with van der Waals surface area (Å²) in [6.45, 7) is 2.27. The Balaban J connectivity index is 2.31. The SMILES string of the molecule is COc1cc(Cl)c(C(Br)C(C)C2CC2)cc1OC. The highest BCUT2D eigenvalue weighted by atomic mass is 79.9. The minimum Gasteiger partial charge on any atom is -0.493 e. The number of alkyl halides is 1. The van der Waals surface area contributed by atoms with Gasteiger partial charge in [-0.05, 0) is 36.3 Å². The van der Waals surface area contributed by atoms with Crippen LogP contribution in [0, 0.1) is 11.8 Å². The van der Waals surface area contributed by atoms with Crippen molar-refractivity contribution in [2.45, 2.75) is 24.6 Å². The summed E-state index contributed by atoms with van der Waals surface area (Å²) in [5.74, 6) is 2.80. The largest absolute Gasteiger partial charge is 0.493 e. The van der Waals surface area contributed by atoms with Crippen LogP contribution in [0.2, 0.25) is 5.02 Å². The molecule has 1 aromatic carbocycles. The number of hydrogen-bond donors (Lipinski definition) is 0. The topological polar surface area (TPSA) is 18.5 Å². The van der Waals surface area contributed by atoms with Crippen molar-refractivity contribution in [3.05, 3.63) is 22.7 Å². The molecule has 1 saturated carbocycles. The van der Waals surface area contributed by atoms with Gasteiger partial charge in [-0.2, -0.15) is 0 Å². The van der Waals surface area contributed by atoms with E-state index in [4.69, 9.17) is 21.1 Å². The van der Waals surface area contributed by atoms with E-state index in [1.165, 1.54) is 12.8 Å². The molecule has 0 saturated heterocycles. The molecule has 1 aliphatic rings. The first-order chi connectivity index (χ1) is 8.58. The molecule has 2 nitrogen and oxygen atoms in total. The number of rotatable bonds is 5. The number of methoxy groups -OCH3 is 2. The Labute approximate surface area is 122 Å². The molecule has 2 atom stereocenters. The van der Waals surface area contributed by atoms with Crippen LogP contribution in [0.1, 0.15) is 30.2 Å². The van der Waals surface area contributed by atoms with Crippen LogP contribution in [-0.4, -0.2) is 14.2 Å². The van der Waals surface area contributed by atoms with E-state index in [2.05, 4.69) is 22.9 Å². The zero-order valence-corrected chi connectivity index (χ0v) is 13.2. The minimum atomic E-state index is 0.261.